The molecule has 1 aliphatic carbocycles. The van der Waals surface area contributed by atoms with Crippen molar-refractivity contribution in [1.29, 1.82) is 0 Å². The molecule has 0 atom stereocenters. The van der Waals surface area contributed by atoms with Crippen molar-refractivity contribution in [1.82, 2.24) is 19.7 Å². The zero-order valence-electron chi connectivity index (χ0n) is 22.0. The van der Waals surface area contributed by atoms with Crippen molar-refractivity contribution in [3.63, 3.8) is 0 Å². The molecule has 4 rings (SSSR count). The summed E-state index contributed by atoms with van der Waals surface area (Å²) < 4.78 is 43.2. The predicted octanol–water partition coefficient (Wildman–Crippen LogP) is 2.90. The molecule has 1 amide bonds. The number of nitrogens with zero attached hydrogens (tertiary/aromatic N) is 5. The summed E-state index contributed by atoms with van der Waals surface area (Å²) in [6.07, 6.45) is 5.20. The highest BCUT2D eigenvalue weighted by Crippen LogP contribution is 2.37. The maximum Gasteiger partial charge on any atom is 0.471 e. The second-order valence-corrected chi connectivity index (χ2v) is 11.4. The minimum absolute atomic E-state index is 0.0164. The fourth-order valence-corrected chi connectivity index (χ4v) is 5.21. The average Bonchev–Trinajstić information content (AvgIpc) is 3.29. The number of aromatic nitrogens is 4. The highest BCUT2D eigenvalue weighted by Gasteiger charge is 2.24. The van der Waals surface area contributed by atoms with Crippen LogP contribution in [-0.4, -0.2) is 60.4 Å². The molecule has 1 saturated carbocycles. The number of phosphoric acid groups is 1. The van der Waals surface area contributed by atoms with Crippen LogP contribution in [0.2, 0.25) is 0 Å². The molecule has 0 saturated heterocycles. The molecule has 3 aromatic rings. The summed E-state index contributed by atoms with van der Waals surface area (Å²) in [7, 11) is -3.51. The molecule has 40 heavy (non-hydrogen) atoms. The topological polar surface area (TPSA) is 178 Å². The van der Waals surface area contributed by atoms with E-state index in [1.807, 2.05) is 0 Å². The maximum atomic E-state index is 15.2. The van der Waals surface area contributed by atoms with Crippen molar-refractivity contribution in [2.45, 2.75) is 52.4 Å². The van der Waals surface area contributed by atoms with Crippen LogP contribution in [0.1, 0.15) is 47.4 Å². The number of aryl methyl sites for hydroxylation is 2. The predicted molar refractivity (Wildman–Crippen MR) is 140 cm³/mol. The lowest BCUT2D eigenvalue weighted by atomic mass is 9.88. The van der Waals surface area contributed by atoms with E-state index in [9.17, 15) is 14.5 Å². The molecule has 0 radical (unpaired) electrons. The van der Waals surface area contributed by atoms with E-state index in [1.165, 1.54) is 32.5 Å². The van der Waals surface area contributed by atoms with Crippen molar-refractivity contribution in [2.75, 3.05) is 13.7 Å². The first kappa shape index (κ1) is 29.9. The fourth-order valence-electron chi connectivity index (χ4n) is 4.20. The number of methoxy groups -OCH3 is 1. The molecule has 1 aliphatic rings. The summed E-state index contributed by atoms with van der Waals surface area (Å²) in [5.74, 6) is -1.19. The zero-order chi connectivity index (χ0) is 29.0. The highest BCUT2D eigenvalue weighted by atomic mass is 32.1. The molecule has 1 fully saturated rings. The molecular weight excluding hydrogens is 568 g/mol. The van der Waals surface area contributed by atoms with Gasteiger partial charge in [0.25, 0.3) is 11.1 Å². The fraction of sp³-hybridized carbons (Fsp3) is 0.458. The van der Waals surface area contributed by atoms with Crippen LogP contribution in [0, 0.1) is 25.6 Å². The van der Waals surface area contributed by atoms with Gasteiger partial charge in [0.1, 0.15) is 5.75 Å². The number of rotatable bonds is 9. The number of carbonyl (C=O) groups is 1. The minimum atomic E-state index is -4.87. The Bertz CT molecular complexity index is 1500. The van der Waals surface area contributed by atoms with Gasteiger partial charge in [-0.05, 0) is 62.9 Å². The standard InChI is InChI=1S/C24H29FN5O8PS/c1-13-8-17(20-19(36-3)10-27-14(2)21(20)25)18(9-26-13)22(32)28-23-30(12-38-39(33,34)35)29-24(40-23)37-11-15-4-6-16(31)7-5-15/h8-10,15-16,31H,4-7,11-12H2,1-3H3,(H2,33,34,35). The number of ether oxygens (including phenoxy) is 2. The molecule has 3 N–H and O–H groups in total. The zero-order valence-corrected chi connectivity index (χ0v) is 23.7. The summed E-state index contributed by atoms with van der Waals surface area (Å²) >= 11 is 0.871. The molecule has 16 heteroatoms. The summed E-state index contributed by atoms with van der Waals surface area (Å²) in [4.78, 5) is 43.9. The first-order chi connectivity index (χ1) is 18.9. The number of aliphatic hydroxyl groups excluding tert-OH is 1. The van der Waals surface area contributed by atoms with E-state index in [2.05, 4.69) is 24.6 Å². The van der Waals surface area contributed by atoms with Crippen molar-refractivity contribution in [3.05, 3.63) is 46.0 Å². The van der Waals surface area contributed by atoms with Crippen molar-refractivity contribution < 1.29 is 42.6 Å². The summed E-state index contributed by atoms with van der Waals surface area (Å²) in [5.41, 5.74) is 0.760. The van der Waals surface area contributed by atoms with Gasteiger partial charge >= 0.3 is 7.82 Å². The third-order valence-corrected chi connectivity index (χ3v) is 7.64. The Balaban J connectivity index is 1.71. The van der Waals surface area contributed by atoms with Gasteiger partial charge in [-0.1, -0.05) is 0 Å². The van der Waals surface area contributed by atoms with Crippen LogP contribution in [0.15, 0.2) is 23.5 Å². The van der Waals surface area contributed by atoms with Crippen LogP contribution in [0.25, 0.3) is 11.1 Å². The Hall–Kier alpha value is -3.07. The van der Waals surface area contributed by atoms with Gasteiger partial charge in [0.2, 0.25) is 4.80 Å². The maximum absolute atomic E-state index is 15.2. The lowest BCUT2D eigenvalue weighted by molar-refractivity contribution is 0.0905. The molecule has 0 unspecified atom stereocenters. The summed E-state index contributed by atoms with van der Waals surface area (Å²) in [6.45, 7) is 2.76. The van der Waals surface area contributed by atoms with Gasteiger partial charge < -0.3 is 24.4 Å². The van der Waals surface area contributed by atoms with E-state index in [0.29, 0.717) is 25.1 Å². The van der Waals surface area contributed by atoms with Crippen molar-refractivity contribution in [2.24, 2.45) is 10.9 Å². The third-order valence-electron chi connectivity index (χ3n) is 6.33. The molecule has 0 aliphatic heterocycles. The van der Waals surface area contributed by atoms with Gasteiger partial charge in [-0.2, -0.15) is 4.99 Å². The molecule has 3 aromatic heterocycles. The number of hydrogen-bond acceptors (Lipinski definition) is 10. The molecule has 13 nitrogen and oxygen atoms in total. The summed E-state index contributed by atoms with van der Waals surface area (Å²) in [6, 6.07) is 1.52. The number of amides is 1. The number of aliphatic hydroxyl groups is 1. The van der Waals surface area contributed by atoms with Crippen LogP contribution in [-0.2, 0) is 15.8 Å². The average molecular weight is 598 g/mol. The first-order valence-electron chi connectivity index (χ1n) is 12.3. The van der Waals surface area contributed by atoms with Crippen molar-refractivity contribution in [3.8, 4) is 22.1 Å². The first-order valence-corrected chi connectivity index (χ1v) is 14.6. The van der Waals surface area contributed by atoms with E-state index < -0.39 is 26.3 Å². The third kappa shape index (κ3) is 7.36. The number of pyridine rings is 2. The number of halogens is 1. The van der Waals surface area contributed by atoms with Gasteiger partial charge in [0, 0.05) is 17.5 Å². The van der Waals surface area contributed by atoms with E-state index in [1.54, 1.807) is 6.92 Å². The van der Waals surface area contributed by atoms with Crippen LogP contribution in [0.5, 0.6) is 10.9 Å². The van der Waals surface area contributed by atoms with Gasteiger partial charge in [-0.15, -0.1) is 5.10 Å². The second-order valence-electron chi connectivity index (χ2n) is 9.27. The molecular formula is C24H29FN5O8PS. The van der Waals surface area contributed by atoms with E-state index in [4.69, 9.17) is 19.3 Å². The smallest absolute Gasteiger partial charge is 0.471 e. The lowest BCUT2D eigenvalue weighted by Crippen LogP contribution is -2.22. The van der Waals surface area contributed by atoms with E-state index >= 15 is 4.39 Å². The lowest BCUT2D eigenvalue weighted by Gasteiger charge is -2.24. The SMILES string of the molecule is COc1cnc(C)c(F)c1-c1cc(C)ncc1C(=O)N=c1sc(OCC2CCC(O)CC2)nn1COP(=O)(O)O. The van der Waals surface area contributed by atoms with Crippen LogP contribution in [0.4, 0.5) is 4.39 Å². The minimum Gasteiger partial charge on any atom is -0.494 e. The van der Waals surface area contributed by atoms with Crippen LogP contribution < -0.4 is 14.3 Å². The van der Waals surface area contributed by atoms with E-state index in [-0.39, 0.29) is 50.2 Å². The Morgan fingerprint density at radius 3 is 2.62 bits per heavy atom. The second kappa shape index (κ2) is 12.6. The van der Waals surface area contributed by atoms with Gasteiger partial charge in [0.05, 0.1) is 42.8 Å². The molecule has 0 bridgehead atoms. The molecule has 3 heterocycles. The Kier molecular flexibility index (Phi) is 9.44. The van der Waals surface area contributed by atoms with E-state index in [0.717, 1.165) is 28.9 Å². The van der Waals surface area contributed by atoms with Gasteiger partial charge in [0.15, 0.2) is 12.5 Å². The number of phosphoric ester groups is 1. The normalized spacial score (nSPS) is 18.1. The quantitative estimate of drug-likeness (QED) is 0.309. The largest absolute Gasteiger partial charge is 0.494 e. The number of carbonyl (C=O) groups excluding carboxylic acids is 1. The van der Waals surface area contributed by atoms with Crippen molar-refractivity contribution >= 4 is 25.1 Å². The Morgan fingerprint density at radius 2 is 1.95 bits per heavy atom. The van der Waals surface area contributed by atoms with Crippen LogP contribution >= 0.6 is 19.2 Å². The number of hydrogen-bond donors (Lipinski definition) is 3. The highest BCUT2D eigenvalue weighted by molar-refractivity contribution is 7.46. The summed E-state index contributed by atoms with van der Waals surface area (Å²) in [5, 5.41) is 14.0. The Labute approximate surface area is 232 Å². The van der Waals surface area contributed by atoms with Crippen LogP contribution in [0.3, 0.4) is 0 Å². The molecule has 0 spiro atoms. The molecule has 0 aromatic carbocycles. The van der Waals surface area contributed by atoms with Gasteiger partial charge in [-0.25, -0.2) is 13.6 Å². The monoisotopic (exact) mass is 597 g/mol. The molecule has 216 valence electrons. The Morgan fingerprint density at radius 1 is 1.23 bits per heavy atom. The van der Waals surface area contributed by atoms with Gasteiger partial charge in [-0.3, -0.25) is 19.3 Å².